The van der Waals surface area contributed by atoms with Gasteiger partial charge in [-0.1, -0.05) is 23.7 Å². The van der Waals surface area contributed by atoms with E-state index in [0.29, 0.717) is 22.9 Å². The Bertz CT molecular complexity index is 798. The number of hydrogen-bond acceptors (Lipinski definition) is 3. The average Bonchev–Trinajstić information content (AvgIpc) is 3.31. The van der Waals surface area contributed by atoms with Crippen LogP contribution in [0, 0.1) is 3.70 Å². The summed E-state index contributed by atoms with van der Waals surface area (Å²) in [6.07, 6.45) is 3.76. The molecule has 0 amide bonds. The highest BCUT2D eigenvalue weighted by atomic mass is 127. The molecule has 0 saturated heterocycles. The summed E-state index contributed by atoms with van der Waals surface area (Å²) in [5, 5.41) is 14.9. The summed E-state index contributed by atoms with van der Waals surface area (Å²) in [7, 11) is 0. The Balaban J connectivity index is 1.82. The second kappa shape index (κ2) is 5.86. The summed E-state index contributed by atoms with van der Waals surface area (Å²) >= 11 is 8.52. The summed E-state index contributed by atoms with van der Waals surface area (Å²) < 4.78 is 2.31. The Labute approximate surface area is 153 Å². The number of rotatable bonds is 2. The van der Waals surface area contributed by atoms with Gasteiger partial charge in [-0.05, 0) is 65.8 Å². The lowest BCUT2D eigenvalue weighted by molar-refractivity contribution is 0.0933. The molecular formula is C17H16ClIN2O2. The van der Waals surface area contributed by atoms with Gasteiger partial charge in [0.1, 0.15) is 3.70 Å². The van der Waals surface area contributed by atoms with Crippen molar-refractivity contribution >= 4 is 40.1 Å². The lowest BCUT2D eigenvalue weighted by Gasteiger charge is -2.19. The van der Waals surface area contributed by atoms with Crippen molar-refractivity contribution in [2.24, 2.45) is 0 Å². The van der Waals surface area contributed by atoms with Crippen LogP contribution < -0.4 is 0 Å². The Morgan fingerprint density at radius 2 is 2.13 bits per heavy atom. The van der Waals surface area contributed by atoms with E-state index >= 15 is 0 Å². The number of aliphatic hydroxyl groups excluding tert-OH is 1. The lowest BCUT2D eigenvalue weighted by atomic mass is 9.95. The third kappa shape index (κ3) is 2.72. The summed E-state index contributed by atoms with van der Waals surface area (Å²) in [5.41, 5.74) is 3.51. The van der Waals surface area contributed by atoms with Gasteiger partial charge in [0, 0.05) is 12.0 Å². The molecule has 4 rings (SSSR count). The zero-order valence-corrected chi connectivity index (χ0v) is 15.3. The lowest BCUT2D eigenvalue weighted by Crippen LogP contribution is -2.25. The number of nitrogens with zero attached hydrogens (tertiary/aromatic N) is 2. The maximum atomic E-state index is 13.1. The fourth-order valence-corrected chi connectivity index (χ4v) is 4.38. The van der Waals surface area contributed by atoms with Gasteiger partial charge >= 0.3 is 0 Å². The van der Waals surface area contributed by atoms with Crippen molar-refractivity contribution in [2.45, 2.75) is 44.1 Å². The van der Waals surface area contributed by atoms with Crippen LogP contribution in [0.25, 0.3) is 0 Å². The van der Waals surface area contributed by atoms with Gasteiger partial charge in [-0.2, -0.15) is 9.78 Å². The number of carbonyl (C=O) groups excluding carboxylic acids is 1. The molecule has 1 N–H and O–H groups in total. The standard InChI is InChI=1S/C17H16ClIN2O2/c18-13-3-1-2-11(9-4-5-9)15(13)17(23)21-14-8-10(22)6-7-12(14)16(19)20-21/h1-3,9-10,22H,4-8H2. The van der Waals surface area contributed by atoms with Gasteiger partial charge in [-0.3, -0.25) is 4.79 Å². The molecule has 0 radical (unpaired) electrons. The first-order valence-electron chi connectivity index (χ1n) is 7.83. The molecule has 2 aliphatic carbocycles. The second-order valence-corrected chi connectivity index (χ2v) is 7.74. The molecule has 0 spiro atoms. The number of benzene rings is 1. The molecule has 0 aliphatic heterocycles. The quantitative estimate of drug-likeness (QED) is 0.724. The van der Waals surface area contributed by atoms with Crippen molar-refractivity contribution in [3.05, 3.63) is 49.3 Å². The van der Waals surface area contributed by atoms with Crippen LogP contribution in [0.15, 0.2) is 18.2 Å². The van der Waals surface area contributed by atoms with E-state index in [1.807, 2.05) is 12.1 Å². The molecule has 1 saturated carbocycles. The van der Waals surface area contributed by atoms with Crippen LogP contribution in [-0.4, -0.2) is 26.9 Å². The Morgan fingerprint density at radius 3 is 2.87 bits per heavy atom. The van der Waals surface area contributed by atoms with Gasteiger partial charge in [0.2, 0.25) is 0 Å². The third-order valence-electron chi connectivity index (χ3n) is 4.67. The summed E-state index contributed by atoms with van der Waals surface area (Å²) in [6.45, 7) is 0. The van der Waals surface area contributed by atoms with E-state index in [0.717, 1.165) is 46.2 Å². The minimum Gasteiger partial charge on any atom is -0.393 e. The molecule has 1 fully saturated rings. The molecule has 1 aromatic heterocycles. The zero-order valence-electron chi connectivity index (χ0n) is 12.4. The van der Waals surface area contributed by atoms with Gasteiger partial charge < -0.3 is 5.11 Å². The molecule has 2 aliphatic rings. The molecule has 1 aromatic carbocycles. The van der Waals surface area contributed by atoms with Crippen LogP contribution in [0.4, 0.5) is 0 Å². The van der Waals surface area contributed by atoms with E-state index in [2.05, 4.69) is 27.7 Å². The molecule has 2 aromatic rings. The summed E-state index contributed by atoms with van der Waals surface area (Å²) in [5.74, 6) is 0.259. The van der Waals surface area contributed by atoms with Crippen LogP contribution in [0.5, 0.6) is 0 Å². The molecular weight excluding hydrogens is 427 g/mol. The number of aromatic nitrogens is 2. The van der Waals surface area contributed by atoms with E-state index in [9.17, 15) is 9.90 Å². The zero-order chi connectivity index (χ0) is 16.1. The first kappa shape index (κ1) is 15.6. The van der Waals surface area contributed by atoms with Crippen LogP contribution >= 0.6 is 34.2 Å². The number of aliphatic hydroxyl groups is 1. The predicted molar refractivity (Wildman–Crippen MR) is 96.1 cm³/mol. The maximum absolute atomic E-state index is 13.1. The molecule has 1 atom stereocenters. The van der Waals surface area contributed by atoms with Crippen LogP contribution in [0.1, 0.15) is 52.4 Å². The van der Waals surface area contributed by atoms with E-state index < -0.39 is 6.10 Å². The predicted octanol–water partition coefficient (Wildman–Crippen LogP) is 3.56. The number of fused-ring (bicyclic) bond motifs is 1. The molecule has 1 unspecified atom stereocenters. The van der Waals surface area contributed by atoms with Crippen molar-refractivity contribution in [3.8, 4) is 0 Å². The molecule has 1 heterocycles. The van der Waals surface area contributed by atoms with Crippen LogP contribution in [0.2, 0.25) is 5.02 Å². The minimum atomic E-state index is -0.407. The summed E-state index contributed by atoms with van der Waals surface area (Å²) in [4.78, 5) is 13.1. The Kier molecular flexibility index (Phi) is 3.98. The number of hydrogen-bond donors (Lipinski definition) is 1. The maximum Gasteiger partial charge on any atom is 0.280 e. The fourth-order valence-electron chi connectivity index (χ4n) is 3.32. The van der Waals surface area contributed by atoms with Gasteiger partial charge in [0.05, 0.1) is 22.4 Å². The Morgan fingerprint density at radius 1 is 1.35 bits per heavy atom. The van der Waals surface area contributed by atoms with Gasteiger partial charge in [0.25, 0.3) is 5.91 Å². The highest BCUT2D eigenvalue weighted by molar-refractivity contribution is 14.1. The number of halogens is 2. The van der Waals surface area contributed by atoms with E-state index in [1.54, 1.807) is 6.07 Å². The average molecular weight is 443 g/mol. The largest absolute Gasteiger partial charge is 0.393 e. The SMILES string of the molecule is O=C(c1c(Cl)cccc1C1CC1)n1nc(I)c2c1CC(O)CC2. The van der Waals surface area contributed by atoms with E-state index in [-0.39, 0.29) is 5.91 Å². The fraction of sp³-hybridized carbons (Fsp3) is 0.412. The Hall–Kier alpha value is -0.920. The van der Waals surface area contributed by atoms with Gasteiger partial charge in [0.15, 0.2) is 0 Å². The van der Waals surface area contributed by atoms with Crippen molar-refractivity contribution in [1.82, 2.24) is 9.78 Å². The molecule has 120 valence electrons. The second-order valence-electron chi connectivity index (χ2n) is 6.31. The summed E-state index contributed by atoms with van der Waals surface area (Å²) in [6, 6.07) is 5.65. The third-order valence-corrected chi connectivity index (χ3v) is 5.85. The van der Waals surface area contributed by atoms with Crippen LogP contribution in [-0.2, 0) is 12.8 Å². The molecule has 23 heavy (non-hydrogen) atoms. The van der Waals surface area contributed by atoms with Crippen LogP contribution in [0.3, 0.4) is 0 Å². The first-order chi connectivity index (χ1) is 11.1. The van der Waals surface area contributed by atoms with Gasteiger partial charge in [-0.15, -0.1) is 0 Å². The minimum absolute atomic E-state index is 0.175. The van der Waals surface area contributed by atoms with Crippen molar-refractivity contribution in [2.75, 3.05) is 0 Å². The normalized spacial score (nSPS) is 20.4. The van der Waals surface area contributed by atoms with Crippen molar-refractivity contribution in [1.29, 1.82) is 0 Å². The molecule has 4 nitrogen and oxygen atoms in total. The number of carbonyl (C=O) groups is 1. The van der Waals surface area contributed by atoms with E-state index in [1.165, 1.54) is 4.68 Å². The van der Waals surface area contributed by atoms with Crippen molar-refractivity contribution < 1.29 is 9.90 Å². The van der Waals surface area contributed by atoms with Crippen molar-refractivity contribution in [3.63, 3.8) is 0 Å². The van der Waals surface area contributed by atoms with Gasteiger partial charge in [-0.25, -0.2) is 0 Å². The monoisotopic (exact) mass is 442 g/mol. The highest BCUT2D eigenvalue weighted by Gasteiger charge is 2.32. The topological polar surface area (TPSA) is 55.1 Å². The molecule has 6 heteroatoms. The van der Waals surface area contributed by atoms with E-state index in [4.69, 9.17) is 11.6 Å². The first-order valence-corrected chi connectivity index (χ1v) is 9.29. The highest BCUT2D eigenvalue weighted by Crippen LogP contribution is 2.43. The molecule has 0 bridgehead atoms. The smallest absolute Gasteiger partial charge is 0.280 e.